The van der Waals surface area contributed by atoms with Crippen LogP contribution in [0.5, 0.6) is 0 Å². The van der Waals surface area contributed by atoms with Gasteiger partial charge in [0.15, 0.2) is 0 Å². The Morgan fingerprint density at radius 2 is 2.12 bits per heavy atom. The number of hydrogen-bond acceptors (Lipinski definition) is 4. The van der Waals surface area contributed by atoms with Crippen LogP contribution in [0.4, 0.5) is 0 Å². The van der Waals surface area contributed by atoms with Crippen LogP contribution in [0.3, 0.4) is 0 Å². The van der Waals surface area contributed by atoms with Crippen molar-refractivity contribution in [2.45, 2.75) is 31.2 Å². The Balaban J connectivity index is 2.61. The van der Waals surface area contributed by atoms with E-state index in [2.05, 4.69) is 5.92 Å². The Kier molecular flexibility index (Phi) is 5.85. The fourth-order valence-corrected chi connectivity index (χ4v) is 1.78. The zero-order valence-electron chi connectivity index (χ0n) is 9.72. The normalized spacial score (nSPS) is 33.8. The van der Waals surface area contributed by atoms with E-state index in [1.165, 1.54) is 0 Å². The van der Waals surface area contributed by atoms with Crippen molar-refractivity contribution in [1.29, 1.82) is 0 Å². The zero-order chi connectivity index (χ0) is 12.0. The van der Waals surface area contributed by atoms with E-state index < -0.39 is 6.00 Å². The van der Waals surface area contributed by atoms with E-state index in [-0.39, 0.29) is 24.9 Å². The zero-order valence-corrected chi connectivity index (χ0v) is 9.72. The predicted molar refractivity (Wildman–Crippen MR) is 60.3 cm³/mol. The van der Waals surface area contributed by atoms with Crippen molar-refractivity contribution in [3.8, 4) is 12.3 Å². The van der Waals surface area contributed by atoms with Gasteiger partial charge in [0.1, 0.15) is 32.8 Å². The molecule has 4 atom stereocenters. The highest BCUT2D eigenvalue weighted by atomic mass is 16.6. The van der Waals surface area contributed by atoms with E-state index in [0.717, 1.165) is 0 Å². The largest absolute Gasteiger partial charge is 0.382 e. The van der Waals surface area contributed by atoms with Crippen LogP contribution >= 0.6 is 0 Å². The lowest BCUT2D eigenvalue weighted by Crippen LogP contribution is -2.39. The van der Waals surface area contributed by atoms with Gasteiger partial charge < -0.3 is 18.9 Å². The van der Waals surface area contributed by atoms with Crippen LogP contribution in [0.2, 0.25) is 0 Å². The maximum absolute atomic E-state index is 5.81. The first-order valence-electron chi connectivity index (χ1n) is 5.31. The summed E-state index contributed by atoms with van der Waals surface area (Å²) in [6.45, 7) is 3.10. The Labute approximate surface area is 98.0 Å². The lowest BCUT2D eigenvalue weighted by Gasteiger charge is -2.22. The van der Waals surface area contributed by atoms with E-state index in [1.807, 2.05) is 6.92 Å². The summed E-state index contributed by atoms with van der Waals surface area (Å²) in [4.78, 5) is 0. The average Bonchev–Trinajstić information content (AvgIpc) is 2.54. The molecular formula is C11H17BO4. The molecule has 2 radical (unpaired) electrons. The first-order chi connectivity index (χ1) is 7.74. The van der Waals surface area contributed by atoms with Crippen LogP contribution in [-0.4, -0.2) is 59.1 Å². The van der Waals surface area contributed by atoms with E-state index >= 15 is 0 Å². The van der Waals surface area contributed by atoms with Gasteiger partial charge in [0.05, 0.1) is 6.61 Å². The topological polar surface area (TPSA) is 36.9 Å². The molecule has 1 heterocycles. The van der Waals surface area contributed by atoms with E-state index in [0.29, 0.717) is 13.2 Å². The smallest absolute Gasteiger partial charge is 0.114 e. The second kappa shape index (κ2) is 6.92. The minimum Gasteiger partial charge on any atom is -0.382 e. The molecule has 5 heteroatoms. The quantitative estimate of drug-likeness (QED) is 0.468. The first kappa shape index (κ1) is 13.5. The molecule has 1 fully saturated rings. The summed E-state index contributed by atoms with van der Waals surface area (Å²) in [5.41, 5.74) is 0. The number of hydrogen-bond donors (Lipinski definition) is 0. The summed E-state index contributed by atoms with van der Waals surface area (Å²) < 4.78 is 21.6. The van der Waals surface area contributed by atoms with Crippen LogP contribution in [0.15, 0.2) is 0 Å². The van der Waals surface area contributed by atoms with Gasteiger partial charge in [0, 0.05) is 19.7 Å². The third-order valence-electron chi connectivity index (χ3n) is 2.40. The Morgan fingerprint density at radius 3 is 2.69 bits per heavy atom. The van der Waals surface area contributed by atoms with Gasteiger partial charge in [-0.3, -0.25) is 0 Å². The molecule has 0 saturated carbocycles. The van der Waals surface area contributed by atoms with Gasteiger partial charge in [-0.25, -0.2) is 0 Å². The highest BCUT2D eigenvalue weighted by molar-refractivity contribution is 6.11. The van der Waals surface area contributed by atoms with Crippen LogP contribution < -0.4 is 0 Å². The van der Waals surface area contributed by atoms with Gasteiger partial charge in [-0.15, -0.1) is 6.42 Å². The maximum Gasteiger partial charge on any atom is 0.114 e. The summed E-state index contributed by atoms with van der Waals surface area (Å²) in [5, 5.41) is 0. The minimum absolute atomic E-state index is 0.199. The molecule has 0 aromatic rings. The molecule has 0 aromatic heterocycles. The Morgan fingerprint density at radius 1 is 1.38 bits per heavy atom. The fraction of sp³-hybridized carbons (Fsp3) is 0.818. The van der Waals surface area contributed by atoms with Crippen molar-refractivity contribution >= 4 is 7.85 Å². The van der Waals surface area contributed by atoms with Crippen LogP contribution in [0, 0.1) is 12.3 Å². The number of ether oxygens (including phenoxy) is 4. The highest BCUT2D eigenvalue weighted by Crippen LogP contribution is 2.25. The Bertz CT molecular complexity index is 241. The molecule has 1 aliphatic heterocycles. The van der Waals surface area contributed by atoms with E-state index in [9.17, 15) is 0 Å². The molecule has 0 N–H and O–H groups in total. The molecule has 1 unspecified atom stereocenters. The van der Waals surface area contributed by atoms with Crippen molar-refractivity contribution in [3.05, 3.63) is 0 Å². The fourth-order valence-electron chi connectivity index (χ4n) is 1.78. The Hall–Kier alpha value is -0.535. The van der Waals surface area contributed by atoms with Crippen molar-refractivity contribution in [2.24, 2.45) is 0 Å². The molecule has 1 rings (SSSR count). The third-order valence-corrected chi connectivity index (χ3v) is 2.40. The molecule has 88 valence electrons. The second-order valence-corrected chi connectivity index (χ2v) is 3.49. The SMILES string of the molecule is [B][C@@H]1O[C@H](COC)C(OCC)[C@@H]1OCC#C. The summed E-state index contributed by atoms with van der Waals surface area (Å²) in [6, 6.07) is -0.523. The summed E-state index contributed by atoms with van der Waals surface area (Å²) in [6.07, 6.45) is 4.37. The van der Waals surface area contributed by atoms with Gasteiger partial charge in [-0.05, 0) is 6.92 Å². The number of rotatable bonds is 6. The van der Waals surface area contributed by atoms with Gasteiger partial charge in [0.25, 0.3) is 0 Å². The van der Waals surface area contributed by atoms with E-state index in [4.69, 9.17) is 33.2 Å². The minimum atomic E-state index is -0.523. The van der Waals surface area contributed by atoms with Crippen molar-refractivity contribution in [1.82, 2.24) is 0 Å². The van der Waals surface area contributed by atoms with Crippen LogP contribution in [0.25, 0.3) is 0 Å². The average molecular weight is 224 g/mol. The monoisotopic (exact) mass is 224 g/mol. The maximum atomic E-state index is 5.81. The molecule has 0 spiro atoms. The molecular weight excluding hydrogens is 207 g/mol. The van der Waals surface area contributed by atoms with Gasteiger partial charge >= 0.3 is 0 Å². The summed E-state index contributed by atoms with van der Waals surface area (Å²) in [7, 11) is 7.41. The number of terminal acetylenes is 1. The molecule has 0 aliphatic carbocycles. The molecule has 0 amide bonds. The molecule has 1 saturated heterocycles. The molecule has 0 bridgehead atoms. The molecule has 16 heavy (non-hydrogen) atoms. The van der Waals surface area contributed by atoms with Crippen molar-refractivity contribution in [3.63, 3.8) is 0 Å². The van der Waals surface area contributed by atoms with Crippen LogP contribution in [0.1, 0.15) is 6.92 Å². The van der Waals surface area contributed by atoms with Crippen molar-refractivity contribution < 1.29 is 18.9 Å². The predicted octanol–water partition coefficient (Wildman–Crippen LogP) is -0.0503. The van der Waals surface area contributed by atoms with Gasteiger partial charge in [-0.1, -0.05) is 5.92 Å². The second-order valence-electron chi connectivity index (χ2n) is 3.49. The lowest BCUT2D eigenvalue weighted by atomic mass is 9.93. The van der Waals surface area contributed by atoms with Crippen molar-refractivity contribution in [2.75, 3.05) is 26.9 Å². The molecule has 1 aliphatic rings. The van der Waals surface area contributed by atoms with E-state index in [1.54, 1.807) is 7.11 Å². The lowest BCUT2D eigenvalue weighted by molar-refractivity contribution is -0.0661. The molecule has 4 nitrogen and oxygen atoms in total. The van der Waals surface area contributed by atoms with Crippen LogP contribution in [-0.2, 0) is 18.9 Å². The summed E-state index contributed by atoms with van der Waals surface area (Å²) in [5.74, 6) is 2.40. The van der Waals surface area contributed by atoms with Gasteiger partial charge in [-0.2, -0.15) is 0 Å². The summed E-state index contributed by atoms with van der Waals surface area (Å²) >= 11 is 0. The highest BCUT2D eigenvalue weighted by Gasteiger charge is 2.43. The first-order valence-corrected chi connectivity index (χ1v) is 5.31. The third kappa shape index (κ3) is 3.23. The van der Waals surface area contributed by atoms with Gasteiger partial charge in [0.2, 0.25) is 0 Å². The standard InChI is InChI=1S/C11H17BO4/c1-4-6-15-10-9(14-5-2)8(7-13-3)16-11(10)12/h1,8-11H,5-7H2,2-3H3/t8-,9?,10+,11-/m1/s1. The number of methoxy groups -OCH3 is 1. The molecule has 0 aromatic carbocycles.